The molecule has 3 nitrogen and oxygen atoms in total. The highest BCUT2D eigenvalue weighted by atomic mass is 79.9. The fourth-order valence-electron chi connectivity index (χ4n) is 1.72. The summed E-state index contributed by atoms with van der Waals surface area (Å²) in [4.78, 5) is 0. The minimum Gasteiger partial charge on any atom is -0.315 e. The van der Waals surface area contributed by atoms with Crippen molar-refractivity contribution in [2.45, 2.75) is 24.6 Å². The lowest BCUT2D eigenvalue weighted by molar-refractivity contribution is 0.516. The standard InChI is InChI=1S/C12H18BrNO2S/c1-9(17(3,15)16)12(14-2)8-10-5-4-6-11(13)7-10/h4-7,9,12,14H,8H2,1-3H3. The Kier molecular flexibility index (Phi) is 5.16. The van der Waals surface area contributed by atoms with E-state index in [1.807, 2.05) is 24.3 Å². The Labute approximate surface area is 112 Å². The van der Waals surface area contributed by atoms with E-state index in [-0.39, 0.29) is 6.04 Å². The summed E-state index contributed by atoms with van der Waals surface area (Å²) in [6, 6.07) is 7.86. The Morgan fingerprint density at radius 1 is 1.41 bits per heavy atom. The molecule has 96 valence electrons. The Morgan fingerprint density at radius 2 is 2.06 bits per heavy atom. The van der Waals surface area contributed by atoms with Crippen LogP contribution in [0.2, 0.25) is 0 Å². The van der Waals surface area contributed by atoms with E-state index in [1.165, 1.54) is 6.26 Å². The van der Waals surface area contributed by atoms with Crippen molar-refractivity contribution in [2.24, 2.45) is 0 Å². The first kappa shape index (κ1) is 14.7. The lowest BCUT2D eigenvalue weighted by Crippen LogP contribution is -2.41. The van der Waals surface area contributed by atoms with Crippen molar-refractivity contribution in [3.8, 4) is 0 Å². The number of rotatable bonds is 5. The molecule has 1 N–H and O–H groups in total. The number of hydrogen-bond acceptors (Lipinski definition) is 3. The van der Waals surface area contributed by atoms with Gasteiger partial charge in [0.25, 0.3) is 0 Å². The van der Waals surface area contributed by atoms with Gasteiger partial charge in [0.15, 0.2) is 9.84 Å². The summed E-state index contributed by atoms with van der Waals surface area (Å²) in [6.07, 6.45) is 1.98. The van der Waals surface area contributed by atoms with Crippen LogP contribution < -0.4 is 5.32 Å². The van der Waals surface area contributed by atoms with Crippen LogP contribution in [0, 0.1) is 0 Å². The van der Waals surface area contributed by atoms with Crippen LogP contribution in [-0.2, 0) is 16.3 Å². The van der Waals surface area contributed by atoms with Crippen LogP contribution in [-0.4, -0.2) is 33.0 Å². The molecule has 5 heteroatoms. The molecule has 1 aromatic carbocycles. The summed E-state index contributed by atoms with van der Waals surface area (Å²) in [5.41, 5.74) is 1.12. The molecular formula is C12H18BrNO2S. The Hall–Kier alpha value is -0.390. The second-order valence-electron chi connectivity index (χ2n) is 4.26. The predicted octanol–water partition coefficient (Wildman–Crippen LogP) is 2.01. The fourth-order valence-corrected chi connectivity index (χ4v) is 2.99. The molecule has 0 aliphatic rings. The molecule has 0 bridgehead atoms. The molecule has 2 atom stereocenters. The minimum absolute atomic E-state index is 0.0701. The second-order valence-corrected chi connectivity index (χ2v) is 7.58. The van der Waals surface area contributed by atoms with Crippen molar-refractivity contribution < 1.29 is 8.42 Å². The molecule has 0 aromatic heterocycles. The van der Waals surface area contributed by atoms with Gasteiger partial charge in [0.2, 0.25) is 0 Å². The van der Waals surface area contributed by atoms with Crippen molar-refractivity contribution in [2.75, 3.05) is 13.3 Å². The van der Waals surface area contributed by atoms with E-state index in [1.54, 1.807) is 14.0 Å². The van der Waals surface area contributed by atoms with Gasteiger partial charge in [0.05, 0.1) is 5.25 Å². The van der Waals surface area contributed by atoms with Crippen molar-refractivity contribution in [1.82, 2.24) is 5.32 Å². The van der Waals surface area contributed by atoms with Crippen LogP contribution in [0.3, 0.4) is 0 Å². The molecule has 1 rings (SSSR count). The maximum absolute atomic E-state index is 11.5. The molecular weight excluding hydrogens is 302 g/mol. The topological polar surface area (TPSA) is 46.2 Å². The first-order chi connectivity index (χ1) is 7.84. The number of likely N-dealkylation sites (N-methyl/N-ethyl adjacent to an activating group) is 1. The maximum Gasteiger partial charge on any atom is 0.151 e. The zero-order valence-electron chi connectivity index (χ0n) is 10.3. The number of benzene rings is 1. The zero-order chi connectivity index (χ0) is 13.1. The fraction of sp³-hybridized carbons (Fsp3) is 0.500. The van der Waals surface area contributed by atoms with Crippen LogP contribution in [0.4, 0.5) is 0 Å². The normalized spacial score (nSPS) is 15.5. The largest absolute Gasteiger partial charge is 0.315 e. The van der Waals surface area contributed by atoms with Crippen molar-refractivity contribution in [3.05, 3.63) is 34.3 Å². The van der Waals surface area contributed by atoms with Gasteiger partial charge in [-0.05, 0) is 38.1 Å². The summed E-state index contributed by atoms with van der Waals surface area (Å²) in [5, 5.41) is 2.69. The number of halogens is 1. The number of nitrogens with one attached hydrogen (secondary N) is 1. The van der Waals surface area contributed by atoms with Crippen molar-refractivity contribution in [3.63, 3.8) is 0 Å². The third-order valence-corrected chi connectivity index (χ3v) is 5.13. The summed E-state index contributed by atoms with van der Waals surface area (Å²) < 4.78 is 24.1. The van der Waals surface area contributed by atoms with Gasteiger partial charge in [-0.2, -0.15) is 0 Å². The van der Waals surface area contributed by atoms with E-state index in [4.69, 9.17) is 0 Å². The lowest BCUT2D eigenvalue weighted by atomic mass is 10.0. The van der Waals surface area contributed by atoms with E-state index in [0.717, 1.165) is 10.0 Å². The second kappa shape index (κ2) is 5.98. The van der Waals surface area contributed by atoms with Crippen LogP contribution in [0.5, 0.6) is 0 Å². The Morgan fingerprint density at radius 3 is 2.53 bits per heavy atom. The molecule has 0 aliphatic heterocycles. The summed E-state index contributed by atoms with van der Waals surface area (Å²) in [5.74, 6) is 0. The molecule has 0 spiro atoms. The van der Waals surface area contributed by atoms with Crippen molar-refractivity contribution in [1.29, 1.82) is 0 Å². The predicted molar refractivity (Wildman–Crippen MR) is 75.0 cm³/mol. The van der Waals surface area contributed by atoms with Gasteiger partial charge in [-0.25, -0.2) is 8.42 Å². The molecule has 0 radical (unpaired) electrons. The molecule has 1 aromatic rings. The van der Waals surface area contributed by atoms with Gasteiger partial charge in [-0.15, -0.1) is 0 Å². The zero-order valence-corrected chi connectivity index (χ0v) is 12.7. The molecule has 17 heavy (non-hydrogen) atoms. The van der Waals surface area contributed by atoms with Crippen LogP contribution in [0.15, 0.2) is 28.7 Å². The Bertz CT molecular complexity index is 473. The summed E-state index contributed by atoms with van der Waals surface area (Å²) in [6.45, 7) is 1.74. The smallest absolute Gasteiger partial charge is 0.151 e. The van der Waals surface area contributed by atoms with E-state index in [9.17, 15) is 8.42 Å². The van der Waals surface area contributed by atoms with Gasteiger partial charge >= 0.3 is 0 Å². The highest BCUT2D eigenvalue weighted by Crippen LogP contribution is 2.15. The third kappa shape index (κ3) is 4.41. The minimum atomic E-state index is -3.02. The monoisotopic (exact) mass is 319 g/mol. The van der Waals surface area contributed by atoms with Gasteiger partial charge in [0, 0.05) is 16.8 Å². The van der Waals surface area contributed by atoms with Crippen LogP contribution >= 0.6 is 15.9 Å². The van der Waals surface area contributed by atoms with E-state index < -0.39 is 15.1 Å². The van der Waals surface area contributed by atoms with Gasteiger partial charge in [-0.3, -0.25) is 0 Å². The van der Waals surface area contributed by atoms with E-state index in [2.05, 4.69) is 21.2 Å². The van der Waals surface area contributed by atoms with Crippen LogP contribution in [0.25, 0.3) is 0 Å². The maximum atomic E-state index is 11.5. The average molecular weight is 320 g/mol. The number of sulfone groups is 1. The summed E-state index contributed by atoms with van der Waals surface area (Å²) >= 11 is 3.41. The molecule has 0 heterocycles. The van der Waals surface area contributed by atoms with E-state index >= 15 is 0 Å². The quantitative estimate of drug-likeness (QED) is 0.903. The average Bonchev–Trinajstić information content (AvgIpc) is 2.24. The van der Waals surface area contributed by atoms with Gasteiger partial charge in [-0.1, -0.05) is 28.1 Å². The molecule has 0 fully saturated rings. The van der Waals surface area contributed by atoms with Crippen molar-refractivity contribution >= 4 is 25.8 Å². The highest BCUT2D eigenvalue weighted by molar-refractivity contribution is 9.10. The molecule has 0 saturated heterocycles. The SMILES string of the molecule is CNC(Cc1cccc(Br)c1)C(C)S(C)(=O)=O. The highest BCUT2D eigenvalue weighted by Gasteiger charge is 2.24. The Balaban J connectivity index is 2.84. The van der Waals surface area contributed by atoms with Gasteiger partial charge < -0.3 is 5.32 Å². The number of hydrogen-bond donors (Lipinski definition) is 1. The first-order valence-corrected chi connectivity index (χ1v) is 8.20. The van der Waals surface area contributed by atoms with Crippen LogP contribution in [0.1, 0.15) is 12.5 Å². The first-order valence-electron chi connectivity index (χ1n) is 5.45. The molecule has 0 saturated carbocycles. The molecule has 2 unspecified atom stereocenters. The lowest BCUT2D eigenvalue weighted by Gasteiger charge is -2.22. The molecule has 0 aliphatic carbocycles. The van der Waals surface area contributed by atoms with E-state index in [0.29, 0.717) is 6.42 Å². The third-order valence-electron chi connectivity index (χ3n) is 2.96. The van der Waals surface area contributed by atoms with Gasteiger partial charge in [0.1, 0.15) is 0 Å². The molecule has 0 amide bonds. The summed E-state index contributed by atoms with van der Waals surface area (Å²) in [7, 11) is -1.22.